The molecule has 0 radical (unpaired) electrons. The molecule has 2 aromatic heterocycles. The Balaban J connectivity index is 1.54. The van der Waals surface area contributed by atoms with Crippen molar-refractivity contribution in [3.8, 4) is 11.4 Å². The van der Waals surface area contributed by atoms with Crippen LogP contribution < -0.4 is 5.73 Å². The maximum atomic E-state index is 12.0. The molecule has 36 heavy (non-hydrogen) atoms. The monoisotopic (exact) mass is 567 g/mol. The Bertz CT molecular complexity index is 1400. The van der Waals surface area contributed by atoms with E-state index in [1.54, 1.807) is 34.9 Å². The number of ether oxygens (including phenoxy) is 1. The summed E-state index contributed by atoms with van der Waals surface area (Å²) >= 11 is 0. The summed E-state index contributed by atoms with van der Waals surface area (Å²) in [5.41, 5.74) is 7.19. The van der Waals surface area contributed by atoms with Crippen molar-refractivity contribution in [3.05, 3.63) is 36.7 Å². The molecule has 1 saturated heterocycles. The van der Waals surface area contributed by atoms with Crippen LogP contribution in [0.3, 0.4) is 0 Å². The molecule has 17 nitrogen and oxygen atoms in total. The highest BCUT2D eigenvalue weighted by Gasteiger charge is 2.43. The third-order valence-electron chi connectivity index (χ3n) is 4.85. The molecule has 0 spiro atoms. The third-order valence-corrected chi connectivity index (χ3v) is 8.65. The molecule has 4 rings (SSSR count). The Kier molecular flexibility index (Phi) is 7.48. The summed E-state index contributed by atoms with van der Waals surface area (Å²) in [6.45, 7) is -0.814. The van der Waals surface area contributed by atoms with Crippen LogP contribution in [0.4, 0.5) is 5.82 Å². The maximum absolute atomic E-state index is 12.0. The number of rotatable bonds is 9. The Labute approximate surface area is 201 Å². The van der Waals surface area contributed by atoms with Gasteiger partial charge < -0.3 is 35.2 Å². The third kappa shape index (κ3) is 6.23. The fraction of sp³-hybridized carbons (Fsp3) is 0.312. The van der Waals surface area contributed by atoms with Crippen LogP contribution in [0.1, 0.15) is 12.6 Å². The molecule has 0 amide bonds. The molecular formula is C16H20N5O12P3. The molecule has 0 aliphatic carbocycles. The number of aromatic nitrogens is 4. The minimum absolute atomic E-state index is 0.0420. The number of fused-ring (bicyclic) bond motifs is 1. The van der Waals surface area contributed by atoms with Crippen molar-refractivity contribution < 1.29 is 56.3 Å². The zero-order valence-electron chi connectivity index (χ0n) is 17.9. The number of nitrogens with zero attached hydrogens (tertiary/aromatic N) is 4. The lowest BCUT2D eigenvalue weighted by Crippen LogP contribution is -2.26. The largest absolute Gasteiger partial charge is 0.490 e. The smallest absolute Gasteiger partial charge is 0.390 e. The number of nitrogens with two attached hydrogens (primary N) is 1. The predicted molar refractivity (Wildman–Crippen MR) is 120 cm³/mol. The second kappa shape index (κ2) is 9.99. The fourth-order valence-electron chi connectivity index (χ4n) is 3.48. The van der Waals surface area contributed by atoms with Crippen molar-refractivity contribution in [1.29, 1.82) is 0 Å². The van der Waals surface area contributed by atoms with Gasteiger partial charge in [0.2, 0.25) is 0 Å². The second-order valence-electron chi connectivity index (χ2n) is 7.42. The molecule has 0 bridgehead atoms. The minimum Gasteiger partial charge on any atom is -0.390 e. The summed E-state index contributed by atoms with van der Waals surface area (Å²) in [5.74, 6) is 0.502. The number of hydrogen-bond donors (Lipinski definition) is 6. The molecule has 1 aliphatic heterocycles. The zero-order chi connectivity index (χ0) is 26.3. The van der Waals surface area contributed by atoms with Gasteiger partial charge in [-0.15, -0.1) is 0 Å². The van der Waals surface area contributed by atoms with Crippen LogP contribution in [0, 0.1) is 0 Å². The number of hydrogen-bond acceptors (Lipinski definition) is 12. The molecule has 0 saturated carbocycles. The zero-order valence-corrected chi connectivity index (χ0v) is 20.6. The Morgan fingerprint density at radius 2 is 1.75 bits per heavy atom. The maximum Gasteiger partial charge on any atom is 0.490 e. The van der Waals surface area contributed by atoms with Crippen molar-refractivity contribution in [1.82, 2.24) is 19.5 Å². The van der Waals surface area contributed by atoms with Crippen LogP contribution in [-0.2, 0) is 31.6 Å². The van der Waals surface area contributed by atoms with E-state index in [-0.39, 0.29) is 17.8 Å². The number of phosphoric ester groups is 1. The molecule has 3 heterocycles. The first-order valence-corrected chi connectivity index (χ1v) is 14.4. The lowest BCUT2D eigenvalue weighted by molar-refractivity contribution is -0.0418. The van der Waals surface area contributed by atoms with Gasteiger partial charge in [0.05, 0.1) is 12.7 Å². The highest BCUT2D eigenvalue weighted by Crippen LogP contribution is 2.66. The van der Waals surface area contributed by atoms with E-state index in [2.05, 4.69) is 28.1 Å². The number of anilines is 1. The summed E-state index contributed by atoms with van der Waals surface area (Å²) in [5, 5.41) is 10.5. The van der Waals surface area contributed by atoms with E-state index in [0.717, 1.165) is 0 Å². The quantitative estimate of drug-likeness (QED) is 0.198. The van der Waals surface area contributed by atoms with Gasteiger partial charge in [-0.2, -0.15) is 8.62 Å². The van der Waals surface area contributed by atoms with E-state index in [1.807, 2.05) is 0 Å². The fourth-order valence-corrected chi connectivity index (χ4v) is 6.51. The van der Waals surface area contributed by atoms with Gasteiger partial charge in [0, 0.05) is 12.0 Å². The van der Waals surface area contributed by atoms with Crippen molar-refractivity contribution in [2.24, 2.45) is 0 Å². The molecule has 3 aromatic rings. The Morgan fingerprint density at radius 3 is 2.42 bits per heavy atom. The van der Waals surface area contributed by atoms with Gasteiger partial charge in [0.25, 0.3) is 0 Å². The molecule has 5 atom stereocenters. The van der Waals surface area contributed by atoms with E-state index in [4.69, 9.17) is 20.3 Å². The molecule has 1 aliphatic rings. The van der Waals surface area contributed by atoms with Crippen LogP contribution in [-0.4, -0.2) is 63.0 Å². The van der Waals surface area contributed by atoms with Gasteiger partial charge in [0.15, 0.2) is 17.0 Å². The van der Waals surface area contributed by atoms with E-state index in [1.165, 1.54) is 6.33 Å². The molecule has 20 heteroatoms. The molecule has 7 N–H and O–H groups in total. The van der Waals surface area contributed by atoms with Crippen LogP contribution in [0.2, 0.25) is 0 Å². The molecular weight excluding hydrogens is 547 g/mol. The Hall–Kier alpha value is -2.10. The van der Waals surface area contributed by atoms with Gasteiger partial charge in [-0.05, 0) is 0 Å². The van der Waals surface area contributed by atoms with Gasteiger partial charge in [-0.3, -0.25) is 9.09 Å². The normalized spacial score (nSPS) is 24.0. The van der Waals surface area contributed by atoms with Crippen LogP contribution in [0.5, 0.6) is 0 Å². The first-order chi connectivity index (χ1) is 16.7. The van der Waals surface area contributed by atoms with Gasteiger partial charge in [-0.25, -0.2) is 28.6 Å². The summed E-state index contributed by atoms with van der Waals surface area (Å²) in [7, 11) is -16.6. The predicted octanol–water partition coefficient (Wildman–Crippen LogP) is 1.07. The van der Waals surface area contributed by atoms with Gasteiger partial charge in [-0.1, -0.05) is 30.3 Å². The number of benzene rings is 1. The first kappa shape index (κ1) is 26.9. The van der Waals surface area contributed by atoms with Crippen molar-refractivity contribution in [3.63, 3.8) is 0 Å². The number of phosphoric acid groups is 3. The van der Waals surface area contributed by atoms with Crippen molar-refractivity contribution >= 4 is 40.4 Å². The lowest BCUT2D eigenvalue weighted by Gasteiger charge is -2.20. The van der Waals surface area contributed by atoms with Crippen LogP contribution in [0.15, 0.2) is 36.7 Å². The Morgan fingerprint density at radius 1 is 1.06 bits per heavy atom. The highest BCUT2D eigenvalue weighted by atomic mass is 31.3. The molecule has 196 valence electrons. The molecule has 1 fully saturated rings. The highest BCUT2D eigenvalue weighted by molar-refractivity contribution is 7.66. The SMILES string of the molecule is Nc1ncnc2c1nc(-c1ccccc1)n2[C@H]1C[C@H](O)[C@@H](COP(=O)(O)OP(=O)(O)OP(=O)(O)O)O1. The standard InChI is InChI=1S/C16H20N5O12P3/c17-14-13-16(19-8-18-14)21(15(20-13)9-4-2-1-3-5-9)12-6-10(22)11(31-12)7-30-35(26,27)33-36(28,29)32-34(23,24)25/h1-5,8,10-12,22H,6-7H2,(H,26,27)(H,28,29)(H2,17,18,19)(H2,23,24,25)/t10-,11+,12+/m0/s1. The van der Waals surface area contributed by atoms with Gasteiger partial charge >= 0.3 is 23.5 Å². The summed E-state index contributed by atoms with van der Waals surface area (Å²) in [6.07, 6.45) is -2.20. The topological polar surface area (TPSA) is 259 Å². The molecule has 1 aromatic carbocycles. The summed E-state index contributed by atoms with van der Waals surface area (Å²) in [6, 6.07) is 8.92. The van der Waals surface area contributed by atoms with E-state index in [0.29, 0.717) is 17.0 Å². The lowest BCUT2D eigenvalue weighted by atomic mass is 10.2. The second-order valence-corrected chi connectivity index (χ2v) is 11.8. The summed E-state index contributed by atoms with van der Waals surface area (Å²) < 4.78 is 53.5. The molecule has 2 unspecified atom stereocenters. The summed E-state index contributed by atoms with van der Waals surface area (Å²) in [4.78, 5) is 48.8. The minimum atomic E-state index is -5.68. The van der Waals surface area contributed by atoms with E-state index < -0.39 is 48.5 Å². The van der Waals surface area contributed by atoms with Gasteiger partial charge in [0.1, 0.15) is 24.5 Å². The van der Waals surface area contributed by atoms with E-state index in [9.17, 15) is 28.6 Å². The van der Waals surface area contributed by atoms with Crippen molar-refractivity contribution in [2.75, 3.05) is 12.3 Å². The number of aliphatic hydroxyl groups excluding tert-OH is 1. The average molecular weight is 567 g/mol. The van der Waals surface area contributed by atoms with Crippen LogP contribution in [0.25, 0.3) is 22.6 Å². The number of nitrogen functional groups attached to an aromatic ring is 1. The average Bonchev–Trinajstić information content (AvgIpc) is 3.31. The number of imidazole rings is 1. The number of aliphatic hydroxyl groups is 1. The first-order valence-electron chi connectivity index (χ1n) is 9.90. The van der Waals surface area contributed by atoms with Crippen LogP contribution >= 0.6 is 23.5 Å². The van der Waals surface area contributed by atoms with Crippen molar-refractivity contribution in [2.45, 2.75) is 24.9 Å². The van der Waals surface area contributed by atoms with E-state index >= 15 is 0 Å².